The van der Waals surface area contributed by atoms with Gasteiger partial charge in [-0.2, -0.15) is 0 Å². The molecular formula is C14H21Cl2NO. The lowest BCUT2D eigenvalue weighted by molar-refractivity contribution is 0.249. The van der Waals surface area contributed by atoms with Gasteiger partial charge in [0.25, 0.3) is 0 Å². The van der Waals surface area contributed by atoms with Gasteiger partial charge in [0.05, 0.1) is 11.6 Å². The second-order valence-corrected chi connectivity index (χ2v) is 5.46. The lowest BCUT2D eigenvalue weighted by atomic mass is 10.1. The van der Waals surface area contributed by atoms with Crippen molar-refractivity contribution in [3.05, 3.63) is 27.7 Å². The van der Waals surface area contributed by atoms with E-state index in [1.165, 1.54) is 0 Å². The summed E-state index contributed by atoms with van der Waals surface area (Å²) in [5.74, 6) is 1.25. The van der Waals surface area contributed by atoms with E-state index in [0.717, 1.165) is 30.6 Å². The van der Waals surface area contributed by atoms with Crippen LogP contribution in [-0.2, 0) is 6.42 Å². The van der Waals surface area contributed by atoms with Crippen LogP contribution in [-0.4, -0.2) is 13.2 Å². The van der Waals surface area contributed by atoms with Gasteiger partial charge < -0.3 is 10.5 Å². The van der Waals surface area contributed by atoms with Crippen molar-refractivity contribution in [2.24, 2.45) is 11.7 Å². The molecule has 1 rings (SSSR count). The SMILES string of the molecule is CCCC(C)COc1c(Cl)cc(Cl)cc1CCN. The van der Waals surface area contributed by atoms with E-state index >= 15 is 0 Å². The van der Waals surface area contributed by atoms with Gasteiger partial charge >= 0.3 is 0 Å². The second kappa shape index (κ2) is 7.88. The van der Waals surface area contributed by atoms with Crippen molar-refractivity contribution in [1.29, 1.82) is 0 Å². The van der Waals surface area contributed by atoms with Gasteiger partial charge in [0, 0.05) is 5.02 Å². The topological polar surface area (TPSA) is 35.2 Å². The molecule has 0 saturated heterocycles. The third kappa shape index (κ3) is 4.68. The zero-order valence-electron chi connectivity index (χ0n) is 11.0. The van der Waals surface area contributed by atoms with Crippen molar-refractivity contribution < 1.29 is 4.74 Å². The van der Waals surface area contributed by atoms with Crippen LogP contribution in [0.3, 0.4) is 0 Å². The Morgan fingerprint density at radius 3 is 2.67 bits per heavy atom. The number of nitrogens with two attached hydrogens (primary N) is 1. The maximum atomic E-state index is 6.18. The molecule has 0 aromatic heterocycles. The predicted octanol–water partition coefficient (Wildman–Crippen LogP) is 4.31. The highest BCUT2D eigenvalue weighted by molar-refractivity contribution is 6.35. The van der Waals surface area contributed by atoms with Crippen LogP contribution in [0.4, 0.5) is 0 Å². The fourth-order valence-electron chi connectivity index (χ4n) is 1.92. The van der Waals surface area contributed by atoms with Crippen molar-refractivity contribution in [2.75, 3.05) is 13.2 Å². The van der Waals surface area contributed by atoms with E-state index in [-0.39, 0.29) is 0 Å². The van der Waals surface area contributed by atoms with E-state index in [1.54, 1.807) is 6.07 Å². The Morgan fingerprint density at radius 2 is 2.06 bits per heavy atom. The minimum Gasteiger partial charge on any atom is -0.491 e. The summed E-state index contributed by atoms with van der Waals surface area (Å²) in [5, 5.41) is 1.19. The first-order valence-corrected chi connectivity index (χ1v) is 7.14. The molecule has 0 amide bonds. The maximum absolute atomic E-state index is 6.18. The van der Waals surface area contributed by atoms with Gasteiger partial charge in [0.15, 0.2) is 0 Å². The van der Waals surface area contributed by atoms with Crippen LogP contribution in [0.15, 0.2) is 12.1 Å². The lowest BCUT2D eigenvalue weighted by Crippen LogP contribution is -2.11. The van der Waals surface area contributed by atoms with E-state index < -0.39 is 0 Å². The molecule has 1 aromatic carbocycles. The lowest BCUT2D eigenvalue weighted by Gasteiger charge is -2.16. The van der Waals surface area contributed by atoms with E-state index in [0.29, 0.717) is 29.1 Å². The first kappa shape index (κ1) is 15.6. The summed E-state index contributed by atoms with van der Waals surface area (Å²) in [6.07, 6.45) is 3.03. The van der Waals surface area contributed by atoms with Crippen molar-refractivity contribution in [2.45, 2.75) is 33.1 Å². The normalized spacial score (nSPS) is 12.5. The number of halogens is 2. The molecule has 0 aliphatic heterocycles. The van der Waals surface area contributed by atoms with Crippen molar-refractivity contribution in [1.82, 2.24) is 0 Å². The summed E-state index contributed by atoms with van der Waals surface area (Å²) in [6.45, 7) is 5.58. The minimum absolute atomic E-state index is 0.521. The van der Waals surface area contributed by atoms with Crippen LogP contribution in [0.2, 0.25) is 10.0 Å². The highest BCUT2D eigenvalue weighted by Crippen LogP contribution is 2.33. The van der Waals surface area contributed by atoms with E-state index in [2.05, 4.69) is 13.8 Å². The van der Waals surface area contributed by atoms with Crippen molar-refractivity contribution in [3.63, 3.8) is 0 Å². The Morgan fingerprint density at radius 1 is 1.33 bits per heavy atom. The van der Waals surface area contributed by atoms with Crippen LogP contribution in [0.5, 0.6) is 5.75 Å². The molecule has 0 radical (unpaired) electrons. The number of rotatable bonds is 7. The Labute approximate surface area is 119 Å². The highest BCUT2D eigenvalue weighted by atomic mass is 35.5. The van der Waals surface area contributed by atoms with Gasteiger partial charge in [0.2, 0.25) is 0 Å². The molecule has 0 fully saturated rings. The van der Waals surface area contributed by atoms with Crippen LogP contribution in [0.25, 0.3) is 0 Å². The summed E-state index contributed by atoms with van der Waals surface area (Å²) in [6, 6.07) is 3.59. The smallest absolute Gasteiger partial charge is 0.141 e. The van der Waals surface area contributed by atoms with Gasteiger partial charge in [-0.1, -0.05) is 43.5 Å². The van der Waals surface area contributed by atoms with Crippen molar-refractivity contribution >= 4 is 23.2 Å². The summed E-state index contributed by atoms with van der Waals surface area (Å²) in [5.41, 5.74) is 6.58. The number of hydrogen-bond donors (Lipinski definition) is 1. The van der Waals surface area contributed by atoms with Gasteiger partial charge in [-0.05, 0) is 43.0 Å². The highest BCUT2D eigenvalue weighted by Gasteiger charge is 2.11. The average Bonchev–Trinajstić information content (AvgIpc) is 2.28. The van der Waals surface area contributed by atoms with Crippen LogP contribution >= 0.6 is 23.2 Å². The van der Waals surface area contributed by atoms with Crippen LogP contribution in [0.1, 0.15) is 32.3 Å². The van der Waals surface area contributed by atoms with Crippen molar-refractivity contribution in [3.8, 4) is 5.75 Å². The fourth-order valence-corrected chi connectivity index (χ4v) is 2.51. The van der Waals surface area contributed by atoms with Gasteiger partial charge in [-0.15, -0.1) is 0 Å². The number of hydrogen-bond acceptors (Lipinski definition) is 2. The number of ether oxygens (including phenoxy) is 1. The second-order valence-electron chi connectivity index (χ2n) is 4.62. The van der Waals surface area contributed by atoms with Gasteiger partial charge in [0.1, 0.15) is 5.75 Å². The van der Waals surface area contributed by atoms with E-state index in [1.807, 2.05) is 6.07 Å². The first-order chi connectivity index (χ1) is 8.58. The molecule has 0 spiro atoms. The molecule has 0 bridgehead atoms. The molecule has 1 unspecified atom stereocenters. The van der Waals surface area contributed by atoms with E-state index in [9.17, 15) is 0 Å². The summed E-state index contributed by atoms with van der Waals surface area (Å²) >= 11 is 12.2. The summed E-state index contributed by atoms with van der Waals surface area (Å²) in [7, 11) is 0. The molecule has 4 heteroatoms. The Balaban J connectivity index is 2.79. The molecule has 0 heterocycles. The standard InChI is InChI=1S/C14H21Cl2NO/c1-3-4-10(2)9-18-14-11(5-6-17)7-12(15)8-13(14)16/h7-8,10H,3-6,9,17H2,1-2H3. The molecule has 2 nitrogen and oxygen atoms in total. The molecule has 102 valence electrons. The molecule has 18 heavy (non-hydrogen) atoms. The van der Waals surface area contributed by atoms with Gasteiger partial charge in [-0.25, -0.2) is 0 Å². The predicted molar refractivity (Wildman–Crippen MR) is 78.8 cm³/mol. The molecule has 0 saturated carbocycles. The summed E-state index contributed by atoms with van der Waals surface area (Å²) < 4.78 is 5.84. The Hall–Kier alpha value is -0.440. The van der Waals surface area contributed by atoms with Crippen LogP contribution < -0.4 is 10.5 Å². The molecule has 1 atom stereocenters. The molecule has 0 aliphatic rings. The molecule has 0 aliphatic carbocycles. The first-order valence-electron chi connectivity index (χ1n) is 6.39. The minimum atomic E-state index is 0.521. The fraction of sp³-hybridized carbons (Fsp3) is 0.571. The molecular weight excluding hydrogens is 269 g/mol. The Kier molecular flexibility index (Phi) is 6.83. The van der Waals surface area contributed by atoms with Crippen LogP contribution in [0, 0.1) is 5.92 Å². The number of benzene rings is 1. The average molecular weight is 290 g/mol. The Bertz CT molecular complexity index is 382. The van der Waals surface area contributed by atoms with E-state index in [4.69, 9.17) is 33.7 Å². The third-order valence-electron chi connectivity index (χ3n) is 2.79. The monoisotopic (exact) mass is 289 g/mol. The quantitative estimate of drug-likeness (QED) is 0.812. The molecule has 2 N–H and O–H groups in total. The molecule has 1 aromatic rings. The maximum Gasteiger partial charge on any atom is 0.141 e. The third-order valence-corrected chi connectivity index (χ3v) is 3.29. The summed E-state index contributed by atoms with van der Waals surface area (Å²) in [4.78, 5) is 0. The zero-order chi connectivity index (χ0) is 13.5. The van der Waals surface area contributed by atoms with Gasteiger partial charge in [-0.3, -0.25) is 0 Å². The largest absolute Gasteiger partial charge is 0.491 e. The zero-order valence-corrected chi connectivity index (χ0v) is 12.5.